The second-order valence-corrected chi connectivity index (χ2v) is 3.83. The van der Waals surface area contributed by atoms with E-state index in [2.05, 4.69) is 0 Å². The predicted octanol–water partition coefficient (Wildman–Crippen LogP) is 0.847. The number of carbonyl (C=O) groups is 2. The zero-order chi connectivity index (χ0) is 14.6. The number of nitro benzene ring substituents is 1. The number of carbonyl (C=O) groups excluding carboxylic acids is 1. The second kappa shape index (κ2) is 5.80. The lowest BCUT2D eigenvalue weighted by molar-refractivity contribution is -0.385. The minimum absolute atomic E-state index is 0.00587. The Labute approximate surface area is 108 Å². The second-order valence-electron chi connectivity index (χ2n) is 3.83. The van der Waals surface area contributed by atoms with E-state index in [1.807, 2.05) is 0 Å². The Morgan fingerprint density at radius 1 is 1.42 bits per heavy atom. The van der Waals surface area contributed by atoms with E-state index in [0.717, 1.165) is 17.0 Å². The molecule has 19 heavy (non-hydrogen) atoms. The fourth-order valence-corrected chi connectivity index (χ4v) is 1.40. The van der Waals surface area contributed by atoms with E-state index in [4.69, 9.17) is 5.11 Å². The monoisotopic (exact) mass is 268 g/mol. The molecule has 1 amide bonds. The number of rotatable bonds is 5. The maximum Gasteiger partial charge on any atom is 0.310 e. The first kappa shape index (κ1) is 14.4. The topological polar surface area (TPSA) is 121 Å². The maximum atomic E-state index is 11.8. The number of phenols is 1. The number of nitrogens with zero attached hydrogens (tertiary/aromatic N) is 2. The fraction of sp³-hybridized carbons (Fsp3) is 0.273. The van der Waals surface area contributed by atoms with Crippen molar-refractivity contribution < 1.29 is 24.7 Å². The Morgan fingerprint density at radius 3 is 2.53 bits per heavy atom. The summed E-state index contributed by atoms with van der Waals surface area (Å²) >= 11 is 0. The first-order chi connectivity index (χ1) is 8.82. The van der Waals surface area contributed by atoms with Crippen LogP contribution in [0.5, 0.6) is 5.75 Å². The minimum atomic E-state index is -1.04. The van der Waals surface area contributed by atoms with Gasteiger partial charge in [0.2, 0.25) is 0 Å². The minimum Gasteiger partial charge on any atom is -0.502 e. The quantitative estimate of drug-likeness (QED) is 0.603. The predicted molar refractivity (Wildman–Crippen MR) is 64.0 cm³/mol. The Kier molecular flexibility index (Phi) is 4.41. The first-order valence-electron chi connectivity index (χ1n) is 5.27. The van der Waals surface area contributed by atoms with Crippen LogP contribution in [0.3, 0.4) is 0 Å². The summed E-state index contributed by atoms with van der Waals surface area (Å²) in [6.07, 6.45) is -0.207. The largest absolute Gasteiger partial charge is 0.502 e. The third-order valence-electron chi connectivity index (χ3n) is 2.43. The third-order valence-corrected chi connectivity index (χ3v) is 2.43. The van der Waals surface area contributed by atoms with Crippen LogP contribution in [0.25, 0.3) is 0 Å². The van der Waals surface area contributed by atoms with Gasteiger partial charge < -0.3 is 15.1 Å². The summed E-state index contributed by atoms with van der Waals surface area (Å²) in [5.74, 6) is -2.17. The van der Waals surface area contributed by atoms with E-state index in [1.54, 1.807) is 0 Å². The van der Waals surface area contributed by atoms with Gasteiger partial charge in [-0.25, -0.2) is 0 Å². The number of carboxylic acid groups (broad SMARTS) is 1. The van der Waals surface area contributed by atoms with E-state index >= 15 is 0 Å². The highest BCUT2D eigenvalue weighted by atomic mass is 16.6. The molecule has 0 atom stereocenters. The van der Waals surface area contributed by atoms with Crippen molar-refractivity contribution in [2.45, 2.75) is 6.42 Å². The highest BCUT2D eigenvalue weighted by Gasteiger charge is 2.18. The van der Waals surface area contributed by atoms with Gasteiger partial charge in [0, 0.05) is 25.2 Å². The van der Waals surface area contributed by atoms with E-state index < -0.39 is 28.2 Å². The molecule has 1 aromatic rings. The van der Waals surface area contributed by atoms with E-state index in [9.17, 15) is 24.8 Å². The highest BCUT2D eigenvalue weighted by molar-refractivity contribution is 5.95. The van der Waals surface area contributed by atoms with Gasteiger partial charge in [0.25, 0.3) is 5.91 Å². The molecule has 0 heterocycles. The highest BCUT2D eigenvalue weighted by Crippen LogP contribution is 2.26. The van der Waals surface area contributed by atoms with Crippen LogP contribution >= 0.6 is 0 Å². The molecule has 0 radical (unpaired) electrons. The molecular weight excluding hydrogens is 256 g/mol. The SMILES string of the molecule is CN(CCC(=O)O)C(=O)c1ccc([N+](=O)[O-])c(O)c1. The van der Waals surface area contributed by atoms with Crippen molar-refractivity contribution in [1.82, 2.24) is 4.90 Å². The van der Waals surface area contributed by atoms with Crippen LogP contribution in [-0.4, -0.2) is 45.5 Å². The number of aliphatic carboxylic acids is 1. The molecule has 8 nitrogen and oxygen atoms in total. The number of hydrogen-bond donors (Lipinski definition) is 2. The Bertz CT molecular complexity index is 528. The molecule has 0 aliphatic heterocycles. The molecule has 2 N–H and O–H groups in total. The number of amides is 1. The lowest BCUT2D eigenvalue weighted by Crippen LogP contribution is -2.29. The Balaban J connectivity index is 2.85. The molecule has 0 saturated carbocycles. The fourth-order valence-electron chi connectivity index (χ4n) is 1.40. The summed E-state index contributed by atoms with van der Waals surface area (Å²) < 4.78 is 0. The van der Waals surface area contributed by atoms with Gasteiger partial charge >= 0.3 is 11.7 Å². The molecule has 8 heteroatoms. The van der Waals surface area contributed by atoms with Crippen LogP contribution in [0.15, 0.2) is 18.2 Å². The maximum absolute atomic E-state index is 11.8. The van der Waals surface area contributed by atoms with Crippen LogP contribution in [-0.2, 0) is 4.79 Å². The number of nitro groups is 1. The van der Waals surface area contributed by atoms with Gasteiger partial charge in [-0.15, -0.1) is 0 Å². The van der Waals surface area contributed by atoms with Gasteiger partial charge in [0.1, 0.15) is 0 Å². The average Bonchev–Trinajstić information content (AvgIpc) is 2.34. The van der Waals surface area contributed by atoms with Crippen molar-refractivity contribution in [2.24, 2.45) is 0 Å². The van der Waals surface area contributed by atoms with Crippen molar-refractivity contribution >= 4 is 17.6 Å². The van der Waals surface area contributed by atoms with Gasteiger partial charge in [-0.1, -0.05) is 0 Å². The van der Waals surface area contributed by atoms with Gasteiger partial charge in [-0.3, -0.25) is 19.7 Å². The summed E-state index contributed by atoms with van der Waals surface area (Å²) in [5.41, 5.74) is -0.444. The zero-order valence-corrected chi connectivity index (χ0v) is 10.1. The van der Waals surface area contributed by atoms with E-state index in [0.29, 0.717) is 0 Å². The average molecular weight is 268 g/mol. The number of carboxylic acids is 1. The number of phenolic OH excluding ortho intramolecular Hbond substituents is 1. The molecule has 0 bridgehead atoms. The standard InChI is InChI=1S/C11H12N2O6/c1-12(5-4-10(15)16)11(17)7-2-3-8(13(18)19)9(14)6-7/h2-3,6,14H,4-5H2,1H3,(H,15,16). The van der Waals surface area contributed by atoms with Crippen molar-refractivity contribution in [2.75, 3.05) is 13.6 Å². The van der Waals surface area contributed by atoms with Gasteiger partial charge in [0.15, 0.2) is 5.75 Å². The van der Waals surface area contributed by atoms with Crippen LogP contribution in [0.2, 0.25) is 0 Å². The summed E-state index contributed by atoms with van der Waals surface area (Å²) in [5, 5.41) is 28.4. The van der Waals surface area contributed by atoms with Crippen molar-refractivity contribution in [1.29, 1.82) is 0 Å². The molecule has 0 fully saturated rings. The smallest absolute Gasteiger partial charge is 0.310 e. The summed E-state index contributed by atoms with van der Waals surface area (Å²) in [6.45, 7) is 0.00587. The molecule has 0 saturated heterocycles. The van der Waals surface area contributed by atoms with Crippen LogP contribution in [0, 0.1) is 10.1 Å². The lowest BCUT2D eigenvalue weighted by Gasteiger charge is -2.15. The van der Waals surface area contributed by atoms with Crippen molar-refractivity contribution in [3.8, 4) is 5.75 Å². The molecule has 0 aromatic heterocycles. The molecule has 1 aromatic carbocycles. The molecule has 1 rings (SSSR count). The molecule has 0 aliphatic carbocycles. The number of aromatic hydroxyl groups is 1. The normalized spacial score (nSPS) is 9.95. The van der Waals surface area contributed by atoms with Gasteiger partial charge in [0.05, 0.1) is 11.3 Å². The molecule has 0 unspecified atom stereocenters. The Morgan fingerprint density at radius 2 is 2.05 bits per heavy atom. The van der Waals surface area contributed by atoms with Crippen LogP contribution in [0.4, 0.5) is 5.69 Å². The Hall–Kier alpha value is -2.64. The lowest BCUT2D eigenvalue weighted by atomic mass is 10.1. The van der Waals surface area contributed by atoms with Crippen molar-refractivity contribution in [3.05, 3.63) is 33.9 Å². The van der Waals surface area contributed by atoms with Gasteiger partial charge in [-0.2, -0.15) is 0 Å². The summed E-state index contributed by atoms with van der Waals surface area (Å²) in [6, 6.07) is 3.21. The number of hydrogen-bond acceptors (Lipinski definition) is 5. The van der Waals surface area contributed by atoms with E-state index in [-0.39, 0.29) is 18.5 Å². The molecule has 102 valence electrons. The molecule has 0 spiro atoms. The number of benzene rings is 1. The molecular formula is C11H12N2O6. The first-order valence-corrected chi connectivity index (χ1v) is 5.27. The molecule has 0 aliphatic rings. The summed E-state index contributed by atoms with van der Waals surface area (Å²) in [4.78, 5) is 33.1. The van der Waals surface area contributed by atoms with Crippen LogP contribution < -0.4 is 0 Å². The van der Waals surface area contributed by atoms with Gasteiger partial charge in [-0.05, 0) is 12.1 Å². The van der Waals surface area contributed by atoms with Crippen molar-refractivity contribution in [3.63, 3.8) is 0 Å². The zero-order valence-electron chi connectivity index (χ0n) is 10.1. The summed E-state index contributed by atoms with van der Waals surface area (Å²) in [7, 11) is 1.41. The van der Waals surface area contributed by atoms with E-state index in [1.165, 1.54) is 13.1 Å². The third kappa shape index (κ3) is 3.66. The van der Waals surface area contributed by atoms with Crippen LogP contribution in [0.1, 0.15) is 16.8 Å².